The molecule has 4 aromatic rings. The van der Waals surface area contributed by atoms with Crippen LogP contribution < -0.4 is 14.8 Å². The highest BCUT2D eigenvalue weighted by Gasteiger charge is 2.14. The Hall–Kier alpha value is -4.06. The number of aromatic nitrogens is 2. The van der Waals surface area contributed by atoms with Gasteiger partial charge in [0.15, 0.2) is 17.3 Å². The average molecular weight is 456 g/mol. The molecular weight excluding hydrogens is 426 g/mol. The number of rotatable bonds is 10. The zero-order valence-corrected chi connectivity index (χ0v) is 19.7. The van der Waals surface area contributed by atoms with E-state index in [9.17, 15) is 4.79 Å². The molecule has 4 rings (SSSR count). The molecule has 1 heterocycles. The van der Waals surface area contributed by atoms with Gasteiger partial charge in [0.25, 0.3) is 0 Å². The van der Waals surface area contributed by atoms with Crippen LogP contribution in [0.1, 0.15) is 32.9 Å². The standard InChI is InChI=1S/C28H29N3O3/c1-20-21(2)31(3)28(30-20)29-17-25(32)24-14-15-26(33-18-22-10-6-4-7-11-22)27(16-24)34-19-23-12-8-5-9-13-23/h4-16H,17-19H2,1-3H3,(H,29,30). The Morgan fingerprint density at radius 1 is 0.853 bits per heavy atom. The molecule has 0 unspecified atom stereocenters. The second-order valence-electron chi connectivity index (χ2n) is 8.15. The highest BCUT2D eigenvalue weighted by Crippen LogP contribution is 2.30. The van der Waals surface area contributed by atoms with E-state index in [-0.39, 0.29) is 12.3 Å². The van der Waals surface area contributed by atoms with E-state index in [2.05, 4.69) is 10.3 Å². The van der Waals surface area contributed by atoms with Gasteiger partial charge in [-0.05, 0) is 43.2 Å². The Morgan fingerprint density at radius 2 is 1.44 bits per heavy atom. The molecule has 0 aliphatic heterocycles. The van der Waals surface area contributed by atoms with Gasteiger partial charge in [-0.25, -0.2) is 4.98 Å². The monoisotopic (exact) mass is 455 g/mol. The molecule has 6 nitrogen and oxygen atoms in total. The van der Waals surface area contributed by atoms with Crippen molar-refractivity contribution in [1.29, 1.82) is 0 Å². The van der Waals surface area contributed by atoms with Gasteiger partial charge >= 0.3 is 0 Å². The summed E-state index contributed by atoms with van der Waals surface area (Å²) in [6, 6.07) is 25.2. The van der Waals surface area contributed by atoms with Crippen molar-refractivity contribution in [3.8, 4) is 11.5 Å². The van der Waals surface area contributed by atoms with Gasteiger partial charge < -0.3 is 19.4 Å². The summed E-state index contributed by atoms with van der Waals surface area (Å²) in [4.78, 5) is 17.4. The molecule has 0 amide bonds. The number of ketones is 1. The second-order valence-corrected chi connectivity index (χ2v) is 8.15. The molecule has 0 spiro atoms. The highest BCUT2D eigenvalue weighted by molar-refractivity contribution is 5.99. The Bertz CT molecular complexity index is 1250. The van der Waals surface area contributed by atoms with E-state index in [1.54, 1.807) is 18.2 Å². The number of ether oxygens (including phenoxy) is 2. The number of benzene rings is 3. The van der Waals surface area contributed by atoms with Crippen LogP contribution in [-0.2, 0) is 20.3 Å². The van der Waals surface area contributed by atoms with E-state index < -0.39 is 0 Å². The topological polar surface area (TPSA) is 65.4 Å². The van der Waals surface area contributed by atoms with Crippen LogP contribution in [0.4, 0.5) is 5.95 Å². The molecule has 1 N–H and O–H groups in total. The van der Waals surface area contributed by atoms with Gasteiger partial charge in [-0.15, -0.1) is 0 Å². The smallest absolute Gasteiger partial charge is 0.203 e. The molecule has 6 heteroatoms. The van der Waals surface area contributed by atoms with Crippen LogP contribution in [0.15, 0.2) is 78.9 Å². The first-order valence-corrected chi connectivity index (χ1v) is 11.3. The lowest BCUT2D eigenvalue weighted by Crippen LogP contribution is -2.16. The lowest BCUT2D eigenvalue weighted by molar-refractivity contribution is 0.100. The minimum absolute atomic E-state index is 0.0579. The number of carbonyl (C=O) groups excluding carboxylic acids is 1. The molecular formula is C28H29N3O3. The molecule has 0 aliphatic carbocycles. The fourth-order valence-electron chi connectivity index (χ4n) is 3.52. The van der Waals surface area contributed by atoms with Crippen molar-refractivity contribution >= 4 is 11.7 Å². The minimum atomic E-state index is -0.0579. The predicted molar refractivity (Wildman–Crippen MR) is 133 cm³/mol. The number of hydrogen-bond donors (Lipinski definition) is 1. The zero-order valence-electron chi connectivity index (χ0n) is 19.7. The quantitative estimate of drug-likeness (QED) is 0.320. The first kappa shape index (κ1) is 23.1. The van der Waals surface area contributed by atoms with Crippen LogP contribution in [0.5, 0.6) is 11.5 Å². The Kier molecular flexibility index (Phi) is 7.28. The number of hydrogen-bond acceptors (Lipinski definition) is 5. The van der Waals surface area contributed by atoms with Crippen molar-refractivity contribution in [3.05, 3.63) is 107 Å². The summed E-state index contributed by atoms with van der Waals surface area (Å²) in [7, 11) is 1.93. The summed E-state index contributed by atoms with van der Waals surface area (Å²) in [5, 5.41) is 3.14. The number of imidazole rings is 1. The van der Waals surface area contributed by atoms with Crippen LogP contribution in [0.3, 0.4) is 0 Å². The largest absolute Gasteiger partial charge is 0.485 e. The molecule has 34 heavy (non-hydrogen) atoms. The van der Waals surface area contributed by atoms with E-state index in [0.29, 0.717) is 36.2 Å². The van der Waals surface area contributed by atoms with E-state index in [4.69, 9.17) is 9.47 Å². The van der Waals surface area contributed by atoms with Crippen LogP contribution in [0.25, 0.3) is 0 Å². The molecule has 0 saturated carbocycles. The number of nitrogens with one attached hydrogen (secondary N) is 1. The SMILES string of the molecule is Cc1nc(NCC(=O)c2ccc(OCc3ccccc3)c(OCc3ccccc3)c2)n(C)c1C. The first-order valence-electron chi connectivity index (χ1n) is 11.3. The van der Waals surface area contributed by atoms with Crippen molar-refractivity contribution in [1.82, 2.24) is 9.55 Å². The van der Waals surface area contributed by atoms with Gasteiger partial charge in [-0.3, -0.25) is 4.79 Å². The number of carbonyl (C=O) groups is 1. The van der Waals surface area contributed by atoms with E-state index >= 15 is 0 Å². The van der Waals surface area contributed by atoms with E-state index in [1.165, 1.54) is 0 Å². The highest BCUT2D eigenvalue weighted by atomic mass is 16.5. The third-order valence-electron chi connectivity index (χ3n) is 5.77. The first-order chi connectivity index (χ1) is 16.5. The van der Waals surface area contributed by atoms with Gasteiger partial charge in [-0.1, -0.05) is 60.7 Å². The summed E-state index contributed by atoms with van der Waals surface area (Å²) >= 11 is 0. The van der Waals surface area contributed by atoms with Gasteiger partial charge in [0.05, 0.1) is 12.2 Å². The average Bonchev–Trinajstić information content (AvgIpc) is 3.12. The van der Waals surface area contributed by atoms with Gasteiger partial charge in [0, 0.05) is 18.3 Å². The second kappa shape index (κ2) is 10.7. The predicted octanol–water partition coefficient (Wildman–Crippen LogP) is 5.49. The van der Waals surface area contributed by atoms with E-state index in [1.807, 2.05) is 86.1 Å². The van der Waals surface area contributed by atoms with Gasteiger partial charge in [-0.2, -0.15) is 0 Å². The maximum absolute atomic E-state index is 12.9. The summed E-state index contributed by atoms with van der Waals surface area (Å²) in [6.45, 7) is 4.87. The summed E-state index contributed by atoms with van der Waals surface area (Å²) in [6.07, 6.45) is 0. The number of anilines is 1. The number of aryl methyl sites for hydroxylation is 1. The van der Waals surface area contributed by atoms with Crippen molar-refractivity contribution in [2.24, 2.45) is 7.05 Å². The van der Waals surface area contributed by atoms with Crippen LogP contribution in [-0.4, -0.2) is 21.9 Å². The minimum Gasteiger partial charge on any atom is -0.485 e. The number of Topliss-reactive ketones (excluding diaryl/α,β-unsaturated/α-hetero) is 1. The molecule has 0 radical (unpaired) electrons. The summed E-state index contributed by atoms with van der Waals surface area (Å²) < 4.78 is 14.1. The lowest BCUT2D eigenvalue weighted by Gasteiger charge is -2.15. The Morgan fingerprint density at radius 3 is 2.00 bits per heavy atom. The van der Waals surface area contributed by atoms with Crippen LogP contribution in [0.2, 0.25) is 0 Å². The molecule has 1 aromatic heterocycles. The Labute approximate surface area is 200 Å². The molecule has 174 valence electrons. The maximum Gasteiger partial charge on any atom is 0.203 e. The van der Waals surface area contributed by atoms with Gasteiger partial charge in [0.2, 0.25) is 5.95 Å². The molecule has 0 atom stereocenters. The third-order valence-corrected chi connectivity index (χ3v) is 5.77. The van der Waals surface area contributed by atoms with Crippen LogP contribution in [0, 0.1) is 13.8 Å². The zero-order chi connectivity index (χ0) is 23.9. The lowest BCUT2D eigenvalue weighted by atomic mass is 10.1. The van der Waals surface area contributed by atoms with E-state index in [0.717, 1.165) is 22.5 Å². The summed E-state index contributed by atoms with van der Waals surface area (Å²) in [5.74, 6) is 1.75. The molecule has 0 bridgehead atoms. The summed E-state index contributed by atoms with van der Waals surface area (Å²) in [5.41, 5.74) is 4.64. The molecule has 0 aliphatic rings. The van der Waals surface area contributed by atoms with Crippen molar-refractivity contribution in [2.45, 2.75) is 27.1 Å². The third kappa shape index (κ3) is 5.64. The van der Waals surface area contributed by atoms with Crippen molar-refractivity contribution in [3.63, 3.8) is 0 Å². The maximum atomic E-state index is 12.9. The molecule has 0 saturated heterocycles. The Balaban J connectivity index is 1.50. The fraction of sp³-hybridized carbons (Fsp3) is 0.214. The van der Waals surface area contributed by atoms with Gasteiger partial charge in [0.1, 0.15) is 13.2 Å². The van der Waals surface area contributed by atoms with Crippen LogP contribution >= 0.6 is 0 Å². The molecule has 3 aromatic carbocycles. The van der Waals surface area contributed by atoms with Crippen molar-refractivity contribution in [2.75, 3.05) is 11.9 Å². The fourth-order valence-corrected chi connectivity index (χ4v) is 3.52. The van der Waals surface area contributed by atoms with Crippen molar-refractivity contribution < 1.29 is 14.3 Å². The normalized spacial score (nSPS) is 10.7. The number of nitrogens with zero attached hydrogens (tertiary/aromatic N) is 2. The molecule has 0 fully saturated rings.